The van der Waals surface area contributed by atoms with Crippen molar-refractivity contribution in [1.82, 2.24) is 0 Å². The molecule has 6 nitrogen and oxygen atoms in total. The van der Waals surface area contributed by atoms with Crippen LogP contribution in [0.5, 0.6) is 11.5 Å². The number of thioether (sulfide) groups is 1. The Morgan fingerprint density at radius 1 is 0.879 bits per heavy atom. The summed E-state index contributed by atoms with van der Waals surface area (Å²) in [6.45, 7) is 2.98. The summed E-state index contributed by atoms with van der Waals surface area (Å²) in [6, 6.07) is 22.6. The van der Waals surface area contributed by atoms with Crippen LogP contribution in [0.1, 0.15) is 30.6 Å². The molecule has 0 saturated carbocycles. The number of nitrogens with one attached hydrogen (secondary N) is 2. The lowest BCUT2D eigenvalue weighted by Crippen LogP contribution is -2.20. The lowest BCUT2D eigenvalue weighted by Gasteiger charge is -2.20. The third kappa shape index (κ3) is 6.08. The molecule has 0 radical (unpaired) electrons. The third-order valence-electron chi connectivity index (χ3n) is 5.02. The van der Waals surface area contributed by atoms with Crippen molar-refractivity contribution in [2.45, 2.75) is 29.9 Å². The first-order chi connectivity index (χ1) is 16.1. The largest absolute Gasteiger partial charge is 0.486 e. The van der Waals surface area contributed by atoms with Gasteiger partial charge < -0.3 is 20.1 Å². The third-order valence-corrected chi connectivity index (χ3v) is 6.29. The fourth-order valence-corrected chi connectivity index (χ4v) is 4.46. The summed E-state index contributed by atoms with van der Waals surface area (Å²) in [5.41, 5.74) is 2.30. The molecule has 0 bridgehead atoms. The van der Waals surface area contributed by atoms with Crippen molar-refractivity contribution in [3.05, 3.63) is 78.4 Å². The van der Waals surface area contributed by atoms with Crippen molar-refractivity contribution in [1.29, 1.82) is 0 Å². The molecule has 0 aromatic heterocycles. The Kier molecular flexibility index (Phi) is 7.52. The van der Waals surface area contributed by atoms with Gasteiger partial charge in [0.15, 0.2) is 11.5 Å². The summed E-state index contributed by atoms with van der Waals surface area (Å²) in [6.07, 6.45) is 1.30. The van der Waals surface area contributed by atoms with Gasteiger partial charge in [0.2, 0.25) is 11.8 Å². The van der Waals surface area contributed by atoms with Gasteiger partial charge in [0.25, 0.3) is 0 Å². The molecule has 1 aliphatic heterocycles. The Morgan fingerprint density at radius 2 is 1.58 bits per heavy atom. The van der Waals surface area contributed by atoms with Gasteiger partial charge in [0.05, 0.1) is 0 Å². The van der Waals surface area contributed by atoms with E-state index in [0.29, 0.717) is 36.8 Å². The first-order valence-corrected chi connectivity index (χ1v) is 11.8. The van der Waals surface area contributed by atoms with Gasteiger partial charge in [-0.25, -0.2) is 0 Å². The Hall–Kier alpha value is -3.45. The predicted octanol–water partition coefficient (Wildman–Crippen LogP) is 5.67. The van der Waals surface area contributed by atoms with Gasteiger partial charge in [0.1, 0.15) is 18.5 Å². The summed E-state index contributed by atoms with van der Waals surface area (Å²) in [4.78, 5) is 26.1. The topological polar surface area (TPSA) is 76.7 Å². The van der Waals surface area contributed by atoms with Gasteiger partial charge in [-0.1, -0.05) is 37.3 Å². The van der Waals surface area contributed by atoms with Crippen molar-refractivity contribution in [3.8, 4) is 11.5 Å². The van der Waals surface area contributed by atoms with Crippen LogP contribution in [0.15, 0.2) is 77.7 Å². The first-order valence-electron chi connectivity index (χ1n) is 10.9. The Morgan fingerprint density at radius 3 is 2.30 bits per heavy atom. The lowest BCUT2D eigenvalue weighted by atomic mass is 10.1. The maximum atomic E-state index is 13.3. The smallest absolute Gasteiger partial charge is 0.242 e. The zero-order valence-electron chi connectivity index (χ0n) is 18.4. The van der Waals surface area contributed by atoms with Crippen LogP contribution in [-0.2, 0) is 9.59 Å². The summed E-state index contributed by atoms with van der Waals surface area (Å²) in [7, 11) is 0. The summed E-state index contributed by atoms with van der Waals surface area (Å²) in [5, 5.41) is 5.44. The van der Waals surface area contributed by atoms with Crippen molar-refractivity contribution in [2.24, 2.45) is 0 Å². The van der Waals surface area contributed by atoms with E-state index in [1.165, 1.54) is 11.8 Å². The van der Waals surface area contributed by atoms with E-state index in [4.69, 9.17) is 9.47 Å². The molecule has 0 spiro atoms. The highest BCUT2D eigenvalue weighted by molar-refractivity contribution is 8.00. The van der Waals surface area contributed by atoms with Gasteiger partial charge in [-0.15, -0.1) is 11.8 Å². The second kappa shape index (κ2) is 10.9. The molecular formula is C26H26N2O4S. The molecule has 2 N–H and O–H groups in total. The number of benzene rings is 3. The van der Waals surface area contributed by atoms with Crippen LogP contribution in [0.4, 0.5) is 11.4 Å². The molecule has 0 saturated heterocycles. The number of rotatable bonds is 8. The van der Waals surface area contributed by atoms with E-state index in [-0.39, 0.29) is 11.8 Å². The standard InChI is InChI=1S/C26H26N2O4S/c1-2-6-24(29)27-19-9-12-21(13-10-19)33-25(18-7-4-3-5-8-18)26(30)28-20-11-14-22-23(17-20)32-16-15-31-22/h3-5,7-14,17,25H,2,6,15-16H2,1H3,(H,27,29)(H,28,30). The molecular weight excluding hydrogens is 436 g/mol. The molecule has 2 amide bonds. The maximum Gasteiger partial charge on any atom is 0.242 e. The molecule has 7 heteroatoms. The molecule has 1 heterocycles. The van der Waals surface area contributed by atoms with Crippen LogP contribution in [-0.4, -0.2) is 25.0 Å². The van der Waals surface area contributed by atoms with Crippen LogP contribution in [0, 0.1) is 0 Å². The van der Waals surface area contributed by atoms with E-state index in [1.54, 1.807) is 12.1 Å². The summed E-state index contributed by atoms with van der Waals surface area (Å²) in [5.74, 6) is 1.17. The number of carbonyl (C=O) groups is 2. The minimum atomic E-state index is -0.458. The van der Waals surface area contributed by atoms with E-state index in [0.717, 1.165) is 22.6 Å². The van der Waals surface area contributed by atoms with Gasteiger partial charge in [-0.2, -0.15) is 0 Å². The number of hydrogen-bond donors (Lipinski definition) is 2. The van der Waals surface area contributed by atoms with Crippen LogP contribution in [0.2, 0.25) is 0 Å². The molecule has 0 aliphatic carbocycles. The SMILES string of the molecule is CCCC(=O)Nc1ccc(SC(C(=O)Nc2ccc3c(c2)OCCO3)c2ccccc2)cc1. The average Bonchev–Trinajstić information content (AvgIpc) is 2.84. The van der Waals surface area contributed by atoms with Crippen LogP contribution in [0.25, 0.3) is 0 Å². The normalized spacial score (nSPS) is 13.1. The Bertz CT molecular complexity index is 1100. The number of hydrogen-bond acceptors (Lipinski definition) is 5. The number of amides is 2. The summed E-state index contributed by atoms with van der Waals surface area (Å²) < 4.78 is 11.2. The number of carbonyl (C=O) groups excluding carboxylic acids is 2. The van der Waals surface area contributed by atoms with Gasteiger partial charge in [0, 0.05) is 28.8 Å². The molecule has 1 atom stereocenters. The van der Waals surface area contributed by atoms with Crippen LogP contribution >= 0.6 is 11.8 Å². The number of anilines is 2. The van der Waals surface area contributed by atoms with E-state index in [9.17, 15) is 9.59 Å². The highest BCUT2D eigenvalue weighted by Gasteiger charge is 2.23. The molecule has 1 unspecified atom stereocenters. The van der Waals surface area contributed by atoms with Gasteiger partial charge in [-0.3, -0.25) is 9.59 Å². The van der Waals surface area contributed by atoms with Crippen molar-refractivity contribution in [2.75, 3.05) is 23.8 Å². The molecule has 0 fully saturated rings. The van der Waals surface area contributed by atoms with Crippen molar-refractivity contribution >= 4 is 35.0 Å². The Balaban J connectivity index is 1.50. The van der Waals surface area contributed by atoms with Crippen LogP contribution < -0.4 is 20.1 Å². The van der Waals surface area contributed by atoms with Crippen molar-refractivity contribution in [3.63, 3.8) is 0 Å². The first kappa shape index (κ1) is 22.7. The molecule has 1 aliphatic rings. The molecule has 170 valence electrons. The Labute approximate surface area is 197 Å². The van der Waals surface area contributed by atoms with Gasteiger partial charge >= 0.3 is 0 Å². The molecule has 3 aromatic rings. The van der Waals surface area contributed by atoms with E-state index < -0.39 is 5.25 Å². The maximum absolute atomic E-state index is 13.3. The fraction of sp³-hybridized carbons (Fsp3) is 0.231. The second-order valence-electron chi connectivity index (χ2n) is 7.58. The molecule has 33 heavy (non-hydrogen) atoms. The van der Waals surface area contributed by atoms with E-state index in [1.807, 2.05) is 67.6 Å². The molecule has 4 rings (SSSR count). The second-order valence-corrected chi connectivity index (χ2v) is 8.76. The minimum Gasteiger partial charge on any atom is -0.486 e. The number of ether oxygens (including phenoxy) is 2. The van der Waals surface area contributed by atoms with Crippen LogP contribution in [0.3, 0.4) is 0 Å². The zero-order valence-corrected chi connectivity index (χ0v) is 19.2. The van der Waals surface area contributed by atoms with E-state index in [2.05, 4.69) is 10.6 Å². The van der Waals surface area contributed by atoms with Gasteiger partial charge in [-0.05, 0) is 48.4 Å². The minimum absolute atomic E-state index is 0.00104. The van der Waals surface area contributed by atoms with Crippen molar-refractivity contribution < 1.29 is 19.1 Å². The highest BCUT2D eigenvalue weighted by Crippen LogP contribution is 2.38. The zero-order chi connectivity index (χ0) is 23.0. The predicted molar refractivity (Wildman–Crippen MR) is 131 cm³/mol. The fourth-order valence-electron chi connectivity index (χ4n) is 3.43. The quantitative estimate of drug-likeness (QED) is 0.422. The lowest BCUT2D eigenvalue weighted by molar-refractivity contribution is -0.116. The number of fused-ring (bicyclic) bond motifs is 1. The monoisotopic (exact) mass is 462 g/mol. The molecule has 3 aromatic carbocycles. The van der Waals surface area contributed by atoms with E-state index >= 15 is 0 Å². The summed E-state index contributed by atoms with van der Waals surface area (Å²) >= 11 is 1.46. The average molecular weight is 463 g/mol. The highest BCUT2D eigenvalue weighted by atomic mass is 32.2.